The summed E-state index contributed by atoms with van der Waals surface area (Å²) in [7, 11) is 0. The average molecular weight is 259 g/mol. The quantitative estimate of drug-likeness (QED) is 0.716. The minimum absolute atomic E-state index is 0.355. The van der Waals surface area contributed by atoms with Crippen molar-refractivity contribution in [2.45, 2.75) is 58.9 Å². The topological polar surface area (TPSA) is 3.24 Å². The summed E-state index contributed by atoms with van der Waals surface area (Å²) in [6, 6.07) is 11.7. The molecule has 1 aromatic rings. The predicted octanol–water partition coefficient (Wildman–Crippen LogP) is 5.04. The minimum Gasteiger partial charge on any atom is -0.296 e. The SMILES string of the molecule is CCCC(C)(C)[C@@H](c1ccccc1)N1CCCCC1. The van der Waals surface area contributed by atoms with Crippen LogP contribution < -0.4 is 0 Å². The fourth-order valence-electron chi connectivity index (χ4n) is 3.75. The van der Waals surface area contributed by atoms with Gasteiger partial charge in [0, 0.05) is 6.04 Å². The second kappa shape index (κ2) is 6.56. The zero-order chi connectivity index (χ0) is 13.7. The van der Waals surface area contributed by atoms with Gasteiger partial charge in [-0.15, -0.1) is 0 Å². The molecule has 1 nitrogen and oxygen atoms in total. The van der Waals surface area contributed by atoms with Crippen LogP contribution in [0.4, 0.5) is 0 Å². The van der Waals surface area contributed by atoms with Gasteiger partial charge in [-0.25, -0.2) is 0 Å². The van der Waals surface area contributed by atoms with Gasteiger partial charge in [0.1, 0.15) is 0 Å². The number of hydrogen-bond acceptors (Lipinski definition) is 1. The van der Waals surface area contributed by atoms with Crippen LogP contribution in [0.3, 0.4) is 0 Å². The van der Waals surface area contributed by atoms with Crippen molar-refractivity contribution in [1.82, 2.24) is 4.90 Å². The van der Waals surface area contributed by atoms with E-state index in [4.69, 9.17) is 0 Å². The highest BCUT2D eigenvalue weighted by atomic mass is 15.2. The van der Waals surface area contributed by atoms with Crippen molar-refractivity contribution in [2.75, 3.05) is 13.1 Å². The molecular formula is C18H29N. The minimum atomic E-state index is 0.355. The van der Waals surface area contributed by atoms with E-state index in [0.717, 1.165) is 0 Å². The lowest BCUT2D eigenvalue weighted by molar-refractivity contribution is 0.0624. The Morgan fingerprint density at radius 2 is 1.68 bits per heavy atom. The monoisotopic (exact) mass is 259 g/mol. The van der Waals surface area contributed by atoms with Crippen LogP contribution in [0.2, 0.25) is 0 Å². The molecule has 0 N–H and O–H groups in total. The van der Waals surface area contributed by atoms with E-state index in [-0.39, 0.29) is 0 Å². The molecule has 1 heteroatoms. The third kappa shape index (κ3) is 3.60. The Morgan fingerprint density at radius 3 is 2.26 bits per heavy atom. The number of piperidine rings is 1. The summed E-state index contributed by atoms with van der Waals surface area (Å²) in [5, 5.41) is 0. The third-order valence-electron chi connectivity index (χ3n) is 4.51. The summed E-state index contributed by atoms with van der Waals surface area (Å²) in [6.45, 7) is 9.74. The number of hydrogen-bond donors (Lipinski definition) is 0. The molecule has 0 aliphatic carbocycles. The molecule has 19 heavy (non-hydrogen) atoms. The maximum absolute atomic E-state index is 2.73. The largest absolute Gasteiger partial charge is 0.296 e. The Kier molecular flexibility index (Phi) is 5.04. The summed E-state index contributed by atoms with van der Waals surface area (Å²) in [5.41, 5.74) is 1.86. The molecule has 0 amide bonds. The zero-order valence-electron chi connectivity index (χ0n) is 12.9. The lowest BCUT2D eigenvalue weighted by Gasteiger charge is -2.44. The highest BCUT2D eigenvalue weighted by Gasteiger charge is 2.34. The van der Waals surface area contributed by atoms with Crippen LogP contribution in [0.15, 0.2) is 30.3 Å². The fraction of sp³-hybridized carbons (Fsp3) is 0.667. The van der Waals surface area contributed by atoms with Crippen LogP contribution in [-0.2, 0) is 0 Å². The van der Waals surface area contributed by atoms with Crippen molar-refractivity contribution < 1.29 is 0 Å². The summed E-state index contributed by atoms with van der Waals surface area (Å²) in [4.78, 5) is 2.73. The van der Waals surface area contributed by atoms with Crippen molar-refractivity contribution >= 4 is 0 Å². The maximum Gasteiger partial charge on any atom is 0.0399 e. The molecule has 2 rings (SSSR count). The first-order valence-electron chi connectivity index (χ1n) is 7.94. The van der Waals surface area contributed by atoms with Crippen LogP contribution in [0.25, 0.3) is 0 Å². The van der Waals surface area contributed by atoms with E-state index in [1.54, 1.807) is 0 Å². The van der Waals surface area contributed by atoms with Crippen LogP contribution in [0, 0.1) is 5.41 Å². The van der Waals surface area contributed by atoms with Gasteiger partial charge in [-0.3, -0.25) is 4.90 Å². The van der Waals surface area contributed by atoms with Gasteiger partial charge in [-0.2, -0.15) is 0 Å². The molecule has 1 aliphatic rings. The van der Waals surface area contributed by atoms with Crippen molar-refractivity contribution in [3.8, 4) is 0 Å². The van der Waals surface area contributed by atoms with Gasteiger partial charge in [-0.05, 0) is 43.3 Å². The molecule has 0 aromatic heterocycles. The van der Waals surface area contributed by atoms with Crippen molar-refractivity contribution in [1.29, 1.82) is 0 Å². The smallest absolute Gasteiger partial charge is 0.0399 e. The second-order valence-electron chi connectivity index (χ2n) is 6.65. The third-order valence-corrected chi connectivity index (χ3v) is 4.51. The van der Waals surface area contributed by atoms with Gasteiger partial charge in [0.05, 0.1) is 0 Å². The Bertz CT molecular complexity index is 363. The van der Waals surface area contributed by atoms with Crippen LogP contribution in [0.1, 0.15) is 64.5 Å². The summed E-state index contributed by atoms with van der Waals surface area (Å²) < 4.78 is 0. The molecule has 1 atom stereocenters. The van der Waals surface area contributed by atoms with Crippen molar-refractivity contribution in [3.63, 3.8) is 0 Å². The Hall–Kier alpha value is -0.820. The molecule has 0 unspecified atom stereocenters. The Labute approximate surface area is 119 Å². The van der Waals surface area contributed by atoms with E-state index in [1.165, 1.54) is 50.8 Å². The van der Waals surface area contributed by atoms with Crippen LogP contribution >= 0.6 is 0 Å². The zero-order valence-corrected chi connectivity index (χ0v) is 12.9. The molecule has 0 radical (unpaired) electrons. The predicted molar refractivity (Wildman–Crippen MR) is 83.3 cm³/mol. The second-order valence-corrected chi connectivity index (χ2v) is 6.65. The molecule has 1 fully saturated rings. The maximum atomic E-state index is 2.73. The van der Waals surface area contributed by atoms with Crippen molar-refractivity contribution in [2.24, 2.45) is 5.41 Å². The molecule has 1 heterocycles. The Morgan fingerprint density at radius 1 is 1.05 bits per heavy atom. The van der Waals surface area contributed by atoms with E-state index in [1.807, 2.05) is 0 Å². The first-order chi connectivity index (χ1) is 9.15. The first kappa shape index (κ1) is 14.6. The lowest BCUT2D eigenvalue weighted by atomic mass is 9.75. The molecule has 0 saturated carbocycles. The molecular weight excluding hydrogens is 230 g/mol. The standard InChI is InChI=1S/C18H29N/c1-4-13-18(2,3)17(16-11-7-5-8-12-16)19-14-9-6-10-15-19/h5,7-8,11-12,17H,4,6,9-10,13-15H2,1-3H3/t17-/m1/s1. The normalized spacial score (nSPS) is 19.3. The molecule has 106 valence electrons. The van der Waals surface area contributed by atoms with E-state index in [0.29, 0.717) is 11.5 Å². The summed E-state index contributed by atoms with van der Waals surface area (Å²) in [5.74, 6) is 0. The summed E-state index contributed by atoms with van der Waals surface area (Å²) in [6.07, 6.45) is 6.70. The molecule has 0 spiro atoms. The van der Waals surface area contributed by atoms with E-state index >= 15 is 0 Å². The van der Waals surface area contributed by atoms with Gasteiger partial charge in [0.25, 0.3) is 0 Å². The van der Waals surface area contributed by atoms with E-state index in [9.17, 15) is 0 Å². The molecule has 1 saturated heterocycles. The lowest BCUT2D eigenvalue weighted by Crippen LogP contribution is -2.41. The summed E-state index contributed by atoms with van der Waals surface area (Å²) >= 11 is 0. The highest BCUT2D eigenvalue weighted by Crippen LogP contribution is 2.42. The van der Waals surface area contributed by atoms with Crippen LogP contribution in [0.5, 0.6) is 0 Å². The van der Waals surface area contributed by atoms with Gasteiger partial charge in [0.2, 0.25) is 0 Å². The van der Waals surface area contributed by atoms with Crippen molar-refractivity contribution in [3.05, 3.63) is 35.9 Å². The van der Waals surface area contributed by atoms with E-state index < -0.39 is 0 Å². The van der Waals surface area contributed by atoms with Gasteiger partial charge >= 0.3 is 0 Å². The van der Waals surface area contributed by atoms with Crippen LogP contribution in [-0.4, -0.2) is 18.0 Å². The molecule has 1 aromatic carbocycles. The number of rotatable bonds is 5. The fourth-order valence-corrected chi connectivity index (χ4v) is 3.75. The molecule has 0 bridgehead atoms. The van der Waals surface area contributed by atoms with Gasteiger partial charge < -0.3 is 0 Å². The number of benzene rings is 1. The highest BCUT2D eigenvalue weighted by molar-refractivity contribution is 5.21. The Balaban J connectivity index is 2.27. The number of nitrogens with zero attached hydrogens (tertiary/aromatic N) is 1. The number of likely N-dealkylation sites (tertiary alicyclic amines) is 1. The average Bonchev–Trinajstić information content (AvgIpc) is 2.41. The van der Waals surface area contributed by atoms with Gasteiger partial charge in [-0.1, -0.05) is 63.9 Å². The van der Waals surface area contributed by atoms with Gasteiger partial charge in [0.15, 0.2) is 0 Å². The van der Waals surface area contributed by atoms with E-state index in [2.05, 4.69) is 56.0 Å². The first-order valence-corrected chi connectivity index (χ1v) is 7.94. The molecule has 1 aliphatic heterocycles.